The van der Waals surface area contributed by atoms with Crippen molar-refractivity contribution in [1.29, 1.82) is 0 Å². The molecule has 5 heteroatoms. The van der Waals surface area contributed by atoms with Gasteiger partial charge in [-0.25, -0.2) is 4.68 Å². The zero-order valence-electron chi connectivity index (χ0n) is 10.0. The number of aliphatic hydroxyl groups excluding tert-OH is 1. The summed E-state index contributed by atoms with van der Waals surface area (Å²) in [5.74, 6) is 0. The number of rotatable bonds is 4. The Balaban J connectivity index is 2.55. The molecule has 96 valence electrons. The lowest BCUT2D eigenvalue weighted by Gasteiger charge is -2.05. The molecule has 18 heavy (non-hydrogen) atoms. The number of aromatic nitrogens is 2. The second-order valence-electron chi connectivity index (χ2n) is 3.99. The molecule has 0 spiro atoms. The normalized spacial score (nSPS) is 10.9. The van der Waals surface area contributed by atoms with Gasteiger partial charge in [-0.15, -0.1) is 0 Å². The smallest absolute Gasteiger partial charge is 0.138 e. The van der Waals surface area contributed by atoms with E-state index in [1.165, 1.54) is 0 Å². The first-order valence-electron chi connectivity index (χ1n) is 5.81. The summed E-state index contributed by atoms with van der Waals surface area (Å²) in [6.45, 7) is 1.99. The molecule has 1 N–H and O–H groups in total. The van der Waals surface area contributed by atoms with Gasteiger partial charge in [0.1, 0.15) is 5.15 Å². The van der Waals surface area contributed by atoms with Gasteiger partial charge >= 0.3 is 0 Å². The van der Waals surface area contributed by atoms with Gasteiger partial charge in [0.2, 0.25) is 0 Å². The fourth-order valence-corrected chi connectivity index (χ4v) is 2.60. The van der Waals surface area contributed by atoms with Crippen molar-refractivity contribution in [1.82, 2.24) is 9.78 Å². The number of aryl methyl sites for hydroxylation is 1. The minimum atomic E-state index is -0.0847. The molecule has 0 saturated heterocycles. The number of benzene rings is 1. The van der Waals surface area contributed by atoms with E-state index in [0.29, 0.717) is 10.7 Å². The Morgan fingerprint density at radius 2 is 2.11 bits per heavy atom. The SMILES string of the molecule is CCCc1nn(-c2ccccc2Br)c(Cl)c1CO. The molecule has 0 fully saturated rings. The van der Waals surface area contributed by atoms with E-state index in [0.717, 1.165) is 28.7 Å². The Kier molecular flexibility index (Phi) is 4.43. The maximum Gasteiger partial charge on any atom is 0.138 e. The van der Waals surface area contributed by atoms with Gasteiger partial charge in [0.05, 0.1) is 18.0 Å². The highest BCUT2D eigenvalue weighted by Gasteiger charge is 2.17. The fourth-order valence-electron chi connectivity index (χ4n) is 1.85. The third-order valence-corrected chi connectivity index (χ3v) is 3.79. The molecule has 0 aliphatic heterocycles. The Morgan fingerprint density at radius 1 is 1.39 bits per heavy atom. The van der Waals surface area contributed by atoms with Crippen LogP contribution in [0.4, 0.5) is 0 Å². The van der Waals surface area contributed by atoms with Gasteiger partial charge in [-0.2, -0.15) is 5.10 Å². The number of hydrogen-bond acceptors (Lipinski definition) is 2. The summed E-state index contributed by atoms with van der Waals surface area (Å²) in [5.41, 5.74) is 2.45. The number of hydrogen-bond donors (Lipinski definition) is 1. The zero-order chi connectivity index (χ0) is 13.1. The summed E-state index contributed by atoms with van der Waals surface area (Å²) in [7, 11) is 0. The molecule has 1 heterocycles. The van der Waals surface area contributed by atoms with Crippen molar-refractivity contribution in [2.24, 2.45) is 0 Å². The summed E-state index contributed by atoms with van der Waals surface area (Å²) in [5, 5.41) is 14.4. The van der Waals surface area contributed by atoms with Crippen molar-refractivity contribution in [3.63, 3.8) is 0 Å². The Hall–Kier alpha value is -0.840. The third kappa shape index (κ3) is 2.46. The molecule has 2 rings (SSSR count). The van der Waals surface area contributed by atoms with Crippen molar-refractivity contribution in [3.05, 3.63) is 45.1 Å². The van der Waals surface area contributed by atoms with Gasteiger partial charge in [-0.05, 0) is 34.5 Å². The summed E-state index contributed by atoms with van der Waals surface area (Å²) >= 11 is 9.77. The maximum atomic E-state index is 9.41. The van der Waals surface area contributed by atoms with E-state index < -0.39 is 0 Å². The van der Waals surface area contributed by atoms with Crippen LogP contribution in [-0.2, 0) is 13.0 Å². The van der Waals surface area contributed by atoms with Crippen LogP contribution in [0, 0.1) is 0 Å². The van der Waals surface area contributed by atoms with E-state index >= 15 is 0 Å². The first kappa shape index (κ1) is 13.6. The van der Waals surface area contributed by atoms with Crippen LogP contribution in [0.3, 0.4) is 0 Å². The van der Waals surface area contributed by atoms with Gasteiger partial charge in [0.15, 0.2) is 0 Å². The highest BCUT2D eigenvalue weighted by molar-refractivity contribution is 9.10. The van der Waals surface area contributed by atoms with E-state index in [-0.39, 0.29) is 6.61 Å². The van der Waals surface area contributed by atoms with Gasteiger partial charge in [-0.1, -0.05) is 37.1 Å². The minimum Gasteiger partial charge on any atom is -0.391 e. The highest BCUT2D eigenvalue weighted by Crippen LogP contribution is 2.28. The lowest BCUT2D eigenvalue weighted by atomic mass is 10.2. The molecule has 0 atom stereocenters. The van der Waals surface area contributed by atoms with Crippen LogP contribution in [-0.4, -0.2) is 14.9 Å². The topological polar surface area (TPSA) is 38.0 Å². The van der Waals surface area contributed by atoms with Crippen LogP contribution in [0.1, 0.15) is 24.6 Å². The van der Waals surface area contributed by atoms with Gasteiger partial charge in [0.25, 0.3) is 0 Å². The monoisotopic (exact) mass is 328 g/mol. The zero-order valence-corrected chi connectivity index (χ0v) is 12.4. The summed E-state index contributed by atoms with van der Waals surface area (Å²) in [6, 6.07) is 7.73. The van der Waals surface area contributed by atoms with Crippen LogP contribution >= 0.6 is 27.5 Å². The molecule has 3 nitrogen and oxygen atoms in total. The average Bonchev–Trinajstić information content (AvgIpc) is 2.67. The Labute approximate surface area is 120 Å². The summed E-state index contributed by atoms with van der Waals surface area (Å²) in [4.78, 5) is 0. The molecule has 1 aromatic heterocycles. The van der Waals surface area contributed by atoms with Crippen LogP contribution < -0.4 is 0 Å². The fraction of sp³-hybridized carbons (Fsp3) is 0.308. The summed E-state index contributed by atoms with van der Waals surface area (Å²) < 4.78 is 2.59. The quantitative estimate of drug-likeness (QED) is 0.928. The molecule has 0 aliphatic rings. The lowest BCUT2D eigenvalue weighted by molar-refractivity contribution is 0.280. The Bertz CT molecular complexity index is 554. The molecule has 0 unspecified atom stereocenters. The molecule has 0 radical (unpaired) electrons. The van der Waals surface area contributed by atoms with E-state index in [2.05, 4.69) is 28.0 Å². The molecule has 1 aromatic carbocycles. The van der Waals surface area contributed by atoms with Crippen LogP contribution in [0.2, 0.25) is 5.15 Å². The highest BCUT2D eigenvalue weighted by atomic mass is 79.9. The number of halogens is 2. The van der Waals surface area contributed by atoms with Crippen LogP contribution in [0.15, 0.2) is 28.7 Å². The van der Waals surface area contributed by atoms with E-state index in [1.54, 1.807) is 4.68 Å². The number of para-hydroxylation sites is 1. The van der Waals surface area contributed by atoms with Gasteiger partial charge in [-0.3, -0.25) is 0 Å². The molecular weight excluding hydrogens is 316 g/mol. The predicted molar refractivity (Wildman–Crippen MR) is 76.2 cm³/mol. The second-order valence-corrected chi connectivity index (χ2v) is 5.20. The predicted octanol–water partition coefficient (Wildman–Crippen LogP) is 3.73. The van der Waals surface area contributed by atoms with E-state index in [1.807, 2.05) is 24.3 Å². The third-order valence-electron chi connectivity index (χ3n) is 2.73. The average molecular weight is 330 g/mol. The maximum absolute atomic E-state index is 9.41. The second kappa shape index (κ2) is 5.87. The summed E-state index contributed by atoms with van der Waals surface area (Å²) in [6.07, 6.45) is 1.78. The van der Waals surface area contributed by atoms with Crippen molar-refractivity contribution < 1.29 is 5.11 Å². The van der Waals surface area contributed by atoms with Crippen LogP contribution in [0.25, 0.3) is 5.69 Å². The Morgan fingerprint density at radius 3 is 2.72 bits per heavy atom. The van der Waals surface area contributed by atoms with Gasteiger partial charge in [0, 0.05) is 10.0 Å². The lowest BCUT2D eigenvalue weighted by Crippen LogP contribution is -1.98. The molecule has 0 aliphatic carbocycles. The van der Waals surface area contributed by atoms with Crippen LogP contribution in [0.5, 0.6) is 0 Å². The largest absolute Gasteiger partial charge is 0.391 e. The van der Waals surface area contributed by atoms with Crippen molar-refractivity contribution >= 4 is 27.5 Å². The molecular formula is C13H14BrClN2O. The molecule has 0 amide bonds. The molecule has 0 saturated carbocycles. The van der Waals surface area contributed by atoms with Crippen molar-refractivity contribution in [3.8, 4) is 5.69 Å². The van der Waals surface area contributed by atoms with Crippen molar-refractivity contribution in [2.75, 3.05) is 0 Å². The van der Waals surface area contributed by atoms with E-state index in [4.69, 9.17) is 11.6 Å². The number of aliphatic hydroxyl groups is 1. The number of nitrogens with zero attached hydrogens (tertiary/aromatic N) is 2. The molecule has 0 bridgehead atoms. The first-order valence-corrected chi connectivity index (χ1v) is 6.98. The molecule has 2 aromatic rings. The van der Waals surface area contributed by atoms with Gasteiger partial charge < -0.3 is 5.11 Å². The van der Waals surface area contributed by atoms with E-state index in [9.17, 15) is 5.11 Å². The first-order chi connectivity index (χ1) is 8.69. The minimum absolute atomic E-state index is 0.0847. The standard InChI is InChI=1S/C13H14BrClN2O/c1-2-5-11-9(8-18)13(15)17(16-11)12-7-4-3-6-10(12)14/h3-4,6-7,18H,2,5,8H2,1H3. The van der Waals surface area contributed by atoms with Crippen molar-refractivity contribution in [2.45, 2.75) is 26.4 Å².